The predicted molar refractivity (Wildman–Crippen MR) is 52.4 cm³/mol. The largest absolute Gasteiger partial charge is 0.493 e. The highest BCUT2D eigenvalue weighted by atomic mass is 127. The van der Waals surface area contributed by atoms with E-state index in [-0.39, 0.29) is 0 Å². The van der Waals surface area contributed by atoms with Gasteiger partial charge in [0.1, 0.15) is 0 Å². The molecule has 0 aliphatic heterocycles. The van der Waals surface area contributed by atoms with Gasteiger partial charge in [-0.25, -0.2) is 0 Å². The minimum atomic E-state index is 0.769. The molecular weight excluding hydrogens is 255 g/mol. The van der Waals surface area contributed by atoms with Crippen LogP contribution < -0.4 is 7.80 Å². The summed E-state index contributed by atoms with van der Waals surface area (Å²) in [7, 11) is 1.63. The van der Waals surface area contributed by atoms with Crippen molar-refractivity contribution in [1.29, 1.82) is 0 Å². The fourth-order valence-electron chi connectivity index (χ4n) is 0.844. The van der Waals surface area contributed by atoms with Crippen LogP contribution in [0.15, 0.2) is 18.2 Å². The third kappa shape index (κ3) is 1.99. The third-order valence-electron chi connectivity index (χ3n) is 1.40. The van der Waals surface area contributed by atoms with Crippen molar-refractivity contribution in [3.63, 3.8) is 0 Å². The number of ether oxygens (including phenoxy) is 1. The number of hydrogen-bond acceptors (Lipinski definition) is 2. The summed E-state index contributed by atoms with van der Waals surface area (Å²) in [4.78, 5) is 0. The lowest BCUT2D eigenvalue weighted by molar-refractivity contribution is 0.403. The van der Waals surface area contributed by atoms with E-state index >= 15 is 0 Å². The third-order valence-corrected chi connectivity index (χ3v) is 1.88. The summed E-state index contributed by atoms with van der Waals surface area (Å²) >= 11 is 1.84. The molecule has 11 heavy (non-hydrogen) atoms. The SMILES string of the molecule is COc1ccc(C)cc1OI. The molecule has 1 rings (SSSR count). The van der Waals surface area contributed by atoms with Crippen molar-refractivity contribution in [2.45, 2.75) is 6.92 Å². The van der Waals surface area contributed by atoms with Gasteiger partial charge in [0.05, 0.1) is 7.11 Å². The standard InChI is InChI=1S/C8H9IO2/c1-6-3-4-7(10-2)8(5-6)11-9/h3-5H,1-2H3. The number of halogens is 1. The normalized spacial score (nSPS) is 9.36. The Morgan fingerprint density at radius 3 is 2.55 bits per heavy atom. The molecule has 0 bridgehead atoms. The summed E-state index contributed by atoms with van der Waals surface area (Å²) in [6, 6.07) is 5.81. The molecule has 0 fully saturated rings. The van der Waals surface area contributed by atoms with Crippen LogP contribution in [0.4, 0.5) is 0 Å². The van der Waals surface area contributed by atoms with Crippen LogP contribution in [0.5, 0.6) is 11.5 Å². The van der Waals surface area contributed by atoms with E-state index in [1.807, 2.05) is 48.1 Å². The summed E-state index contributed by atoms with van der Waals surface area (Å²) in [5, 5.41) is 0. The van der Waals surface area contributed by atoms with E-state index in [0.717, 1.165) is 17.1 Å². The van der Waals surface area contributed by atoms with Crippen molar-refractivity contribution in [3.05, 3.63) is 23.8 Å². The molecule has 1 aromatic rings. The molecule has 0 aromatic heterocycles. The molecular formula is C8H9IO2. The molecule has 0 radical (unpaired) electrons. The zero-order valence-corrected chi connectivity index (χ0v) is 8.58. The lowest BCUT2D eigenvalue weighted by Gasteiger charge is -2.05. The monoisotopic (exact) mass is 264 g/mol. The average molecular weight is 264 g/mol. The van der Waals surface area contributed by atoms with Gasteiger partial charge in [-0.3, -0.25) is 0 Å². The van der Waals surface area contributed by atoms with Gasteiger partial charge in [-0.1, -0.05) is 6.07 Å². The maximum atomic E-state index is 5.06. The van der Waals surface area contributed by atoms with E-state index in [4.69, 9.17) is 7.80 Å². The summed E-state index contributed by atoms with van der Waals surface area (Å²) in [6.07, 6.45) is 0. The zero-order chi connectivity index (χ0) is 8.27. The van der Waals surface area contributed by atoms with E-state index in [1.54, 1.807) is 7.11 Å². The lowest BCUT2D eigenvalue weighted by Crippen LogP contribution is -1.86. The highest BCUT2D eigenvalue weighted by Gasteiger charge is 2.01. The zero-order valence-electron chi connectivity index (χ0n) is 6.43. The molecule has 0 unspecified atom stereocenters. The van der Waals surface area contributed by atoms with Crippen molar-refractivity contribution in [2.24, 2.45) is 0 Å². The van der Waals surface area contributed by atoms with Gasteiger partial charge >= 0.3 is 0 Å². The maximum absolute atomic E-state index is 5.06. The molecule has 2 nitrogen and oxygen atoms in total. The van der Waals surface area contributed by atoms with Gasteiger partial charge in [0.25, 0.3) is 0 Å². The number of methoxy groups -OCH3 is 1. The predicted octanol–water partition coefficient (Wildman–Crippen LogP) is 2.73. The van der Waals surface area contributed by atoms with E-state index in [9.17, 15) is 0 Å². The Bertz CT molecular complexity index is 248. The van der Waals surface area contributed by atoms with Crippen LogP contribution >= 0.6 is 23.0 Å². The molecule has 0 saturated heterocycles. The molecule has 3 heteroatoms. The maximum Gasteiger partial charge on any atom is 0.192 e. The van der Waals surface area contributed by atoms with Crippen LogP contribution in [0.1, 0.15) is 5.56 Å². The summed E-state index contributed by atoms with van der Waals surface area (Å²) < 4.78 is 10.1. The summed E-state index contributed by atoms with van der Waals surface area (Å²) in [5.74, 6) is 1.54. The van der Waals surface area contributed by atoms with Crippen LogP contribution in [0, 0.1) is 6.92 Å². The molecule has 0 aliphatic carbocycles. The van der Waals surface area contributed by atoms with Crippen LogP contribution in [-0.2, 0) is 0 Å². The quantitative estimate of drug-likeness (QED) is 0.764. The average Bonchev–Trinajstić information content (AvgIpc) is 2.04. The van der Waals surface area contributed by atoms with Crippen molar-refractivity contribution in [2.75, 3.05) is 7.11 Å². The van der Waals surface area contributed by atoms with Crippen molar-refractivity contribution in [1.82, 2.24) is 0 Å². The van der Waals surface area contributed by atoms with Gasteiger partial charge in [-0.05, 0) is 24.6 Å². The topological polar surface area (TPSA) is 18.5 Å². The highest BCUT2D eigenvalue weighted by molar-refractivity contribution is 14.1. The second-order valence-electron chi connectivity index (χ2n) is 2.23. The van der Waals surface area contributed by atoms with Gasteiger partial charge in [0, 0.05) is 0 Å². The van der Waals surface area contributed by atoms with Gasteiger partial charge in [0.15, 0.2) is 34.5 Å². The molecule has 0 amide bonds. The number of aryl methyl sites for hydroxylation is 1. The number of benzene rings is 1. The Kier molecular flexibility index (Phi) is 2.99. The van der Waals surface area contributed by atoms with E-state index < -0.39 is 0 Å². The Balaban J connectivity index is 3.06. The Labute approximate surface area is 80.2 Å². The Hall–Kier alpha value is -0.450. The first kappa shape index (κ1) is 8.64. The van der Waals surface area contributed by atoms with E-state index in [2.05, 4.69) is 0 Å². The second kappa shape index (κ2) is 3.80. The molecule has 0 N–H and O–H groups in total. The summed E-state index contributed by atoms with van der Waals surface area (Å²) in [6.45, 7) is 2.01. The second-order valence-corrected chi connectivity index (χ2v) is 2.67. The van der Waals surface area contributed by atoms with Crippen LogP contribution in [0.3, 0.4) is 0 Å². The van der Waals surface area contributed by atoms with Gasteiger partial charge in [-0.2, -0.15) is 0 Å². The molecule has 1 aromatic carbocycles. The van der Waals surface area contributed by atoms with Crippen LogP contribution in [0.25, 0.3) is 0 Å². The Morgan fingerprint density at radius 2 is 2.00 bits per heavy atom. The molecule has 60 valence electrons. The molecule has 0 aliphatic rings. The summed E-state index contributed by atoms with van der Waals surface area (Å²) in [5.41, 5.74) is 1.16. The highest BCUT2D eigenvalue weighted by Crippen LogP contribution is 2.28. The fraction of sp³-hybridized carbons (Fsp3) is 0.250. The first-order valence-corrected chi connectivity index (χ1v) is 4.09. The molecule has 0 atom stereocenters. The van der Waals surface area contributed by atoms with E-state index in [1.165, 1.54) is 0 Å². The first-order valence-electron chi connectivity index (χ1n) is 3.21. The van der Waals surface area contributed by atoms with E-state index in [0.29, 0.717) is 0 Å². The van der Waals surface area contributed by atoms with Crippen molar-refractivity contribution < 1.29 is 7.80 Å². The Morgan fingerprint density at radius 1 is 1.27 bits per heavy atom. The minimum absolute atomic E-state index is 0.769. The number of hydrogen-bond donors (Lipinski definition) is 0. The molecule has 0 spiro atoms. The van der Waals surface area contributed by atoms with Crippen LogP contribution in [-0.4, -0.2) is 7.11 Å². The first-order chi connectivity index (χ1) is 5.27. The number of rotatable bonds is 2. The van der Waals surface area contributed by atoms with Crippen molar-refractivity contribution >= 4 is 23.0 Å². The lowest BCUT2D eigenvalue weighted by atomic mass is 10.2. The van der Waals surface area contributed by atoms with Crippen LogP contribution in [0.2, 0.25) is 0 Å². The minimum Gasteiger partial charge on any atom is -0.493 e. The van der Waals surface area contributed by atoms with Crippen molar-refractivity contribution in [3.8, 4) is 11.5 Å². The van der Waals surface area contributed by atoms with Gasteiger partial charge in [0.2, 0.25) is 0 Å². The van der Waals surface area contributed by atoms with Gasteiger partial charge in [-0.15, -0.1) is 0 Å². The molecule has 0 saturated carbocycles. The molecule has 0 heterocycles. The fourth-order valence-corrected chi connectivity index (χ4v) is 1.19. The smallest absolute Gasteiger partial charge is 0.192 e. The van der Waals surface area contributed by atoms with Gasteiger partial charge < -0.3 is 7.80 Å².